The van der Waals surface area contributed by atoms with E-state index in [1.165, 1.54) is 9.21 Å². The fraction of sp³-hybridized carbons (Fsp3) is 0.500. The second kappa shape index (κ2) is 5.57. The first kappa shape index (κ1) is 15.1. The molecule has 0 bridgehead atoms. The third-order valence-corrected chi connectivity index (χ3v) is 6.22. The van der Waals surface area contributed by atoms with Gasteiger partial charge in [0, 0.05) is 20.1 Å². The molecule has 0 N–H and O–H groups in total. The van der Waals surface area contributed by atoms with E-state index in [-0.39, 0.29) is 18.2 Å². The number of thiophene rings is 1. The lowest BCUT2D eigenvalue weighted by Gasteiger charge is -2.31. The van der Waals surface area contributed by atoms with Crippen LogP contribution < -0.4 is 0 Å². The van der Waals surface area contributed by atoms with Gasteiger partial charge in [0.05, 0.1) is 21.0 Å². The molecule has 1 fully saturated rings. The summed E-state index contributed by atoms with van der Waals surface area (Å²) in [4.78, 5) is 13.1. The monoisotopic (exact) mass is 342 g/mol. The van der Waals surface area contributed by atoms with Crippen molar-refractivity contribution in [3.8, 4) is 0 Å². The van der Waals surface area contributed by atoms with E-state index in [0.717, 1.165) is 11.3 Å². The van der Waals surface area contributed by atoms with Crippen LogP contribution in [0.1, 0.15) is 5.56 Å². The molecule has 9 heteroatoms. The zero-order valence-corrected chi connectivity index (χ0v) is 13.2. The molecule has 5 nitrogen and oxygen atoms in total. The molecule has 0 radical (unpaired) electrons. The van der Waals surface area contributed by atoms with Gasteiger partial charge in [-0.3, -0.25) is 4.79 Å². The minimum Gasteiger partial charge on any atom is -0.343 e. The third-order valence-electron chi connectivity index (χ3n) is 2.88. The zero-order chi connectivity index (χ0) is 14.2. The Labute approximate surface area is 125 Å². The lowest BCUT2D eigenvalue weighted by molar-refractivity contribution is -0.132. The normalized spacial score (nSPS) is 18.1. The van der Waals surface area contributed by atoms with Crippen LogP contribution in [0.25, 0.3) is 0 Å². The van der Waals surface area contributed by atoms with Crippen molar-refractivity contribution in [1.29, 1.82) is 0 Å². The average molecular weight is 343 g/mol. The molecule has 2 rings (SSSR count). The lowest BCUT2D eigenvalue weighted by Crippen LogP contribution is -2.50. The van der Waals surface area contributed by atoms with E-state index in [1.807, 2.05) is 0 Å². The molecule has 1 aromatic rings. The first-order valence-corrected chi connectivity index (χ1v) is 8.63. The number of hydrogen-bond acceptors (Lipinski definition) is 4. The fourth-order valence-corrected chi connectivity index (χ4v) is 4.86. The number of likely N-dealkylation sites (N-methyl/N-ethyl adjacent to an activating group) is 1. The zero-order valence-electron chi connectivity index (χ0n) is 10.1. The maximum absolute atomic E-state index is 12.2. The fourth-order valence-electron chi connectivity index (χ4n) is 1.73. The van der Waals surface area contributed by atoms with Gasteiger partial charge in [-0.15, -0.1) is 11.3 Å². The molecular formula is C10H12Cl2N2O3S2. The van der Waals surface area contributed by atoms with E-state index in [1.54, 1.807) is 13.1 Å². The van der Waals surface area contributed by atoms with Gasteiger partial charge in [-0.25, -0.2) is 8.42 Å². The average Bonchev–Trinajstić information content (AvgIpc) is 2.60. The van der Waals surface area contributed by atoms with Gasteiger partial charge in [-0.1, -0.05) is 23.2 Å². The number of carbonyl (C=O) groups excluding carboxylic acids is 1. The summed E-state index contributed by atoms with van der Waals surface area (Å²) in [5, 5.41) is 0. The van der Waals surface area contributed by atoms with Gasteiger partial charge in [0.1, 0.15) is 0 Å². The van der Waals surface area contributed by atoms with E-state index < -0.39 is 10.0 Å². The van der Waals surface area contributed by atoms with Gasteiger partial charge in [0.25, 0.3) is 0 Å². The maximum atomic E-state index is 12.2. The highest BCUT2D eigenvalue weighted by atomic mass is 35.5. The van der Waals surface area contributed by atoms with Gasteiger partial charge in [-0.05, 0) is 11.6 Å². The number of hydrogen-bond donors (Lipinski definition) is 0. The van der Waals surface area contributed by atoms with E-state index in [9.17, 15) is 13.2 Å². The number of sulfonamides is 1. The van der Waals surface area contributed by atoms with Gasteiger partial charge in [0.15, 0.2) is 0 Å². The number of piperazine rings is 1. The Kier molecular flexibility index (Phi) is 4.42. The molecule has 1 saturated heterocycles. The van der Waals surface area contributed by atoms with Crippen LogP contribution >= 0.6 is 34.5 Å². The number of rotatable bonds is 3. The topological polar surface area (TPSA) is 57.7 Å². The SMILES string of the molecule is CN1CCN(S(=O)(=O)Cc2cc(Cl)sc2Cl)CC1=O. The Bertz CT molecular complexity index is 600. The molecule has 2 heterocycles. The van der Waals surface area contributed by atoms with Crippen LogP contribution in [0.4, 0.5) is 0 Å². The Balaban J connectivity index is 2.15. The summed E-state index contributed by atoms with van der Waals surface area (Å²) in [6.07, 6.45) is 0. The van der Waals surface area contributed by atoms with E-state index in [2.05, 4.69) is 0 Å². The molecule has 1 amide bonds. The van der Waals surface area contributed by atoms with Crippen LogP contribution in [0.5, 0.6) is 0 Å². The Morgan fingerprint density at radius 3 is 2.58 bits per heavy atom. The summed E-state index contributed by atoms with van der Waals surface area (Å²) in [6.45, 7) is 0.588. The number of amides is 1. The largest absolute Gasteiger partial charge is 0.343 e. The standard InChI is InChI=1S/C10H12Cl2N2O3S2/c1-13-2-3-14(5-9(13)15)19(16,17)6-7-4-8(11)18-10(7)12/h4H,2-3,5-6H2,1H3. The molecule has 1 aliphatic heterocycles. The van der Waals surface area contributed by atoms with E-state index in [4.69, 9.17) is 23.2 Å². The van der Waals surface area contributed by atoms with E-state index in [0.29, 0.717) is 27.3 Å². The molecule has 0 aliphatic carbocycles. The van der Waals surface area contributed by atoms with Crippen molar-refractivity contribution in [3.63, 3.8) is 0 Å². The smallest absolute Gasteiger partial charge is 0.237 e. The second-order valence-electron chi connectivity index (χ2n) is 4.25. The van der Waals surface area contributed by atoms with Crippen LogP contribution in [0, 0.1) is 0 Å². The van der Waals surface area contributed by atoms with Crippen LogP contribution in [-0.2, 0) is 20.6 Å². The van der Waals surface area contributed by atoms with Crippen molar-refractivity contribution < 1.29 is 13.2 Å². The highest BCUT2D eigenvalue weighted by Gasteiger charge is 2.30. The highest BCUT2D eigenvalue weighted by molar-refractivity contribution is 7.88. The first-order valence-electron chi connectivity index (χ1n) is 5.45. The highest BCUT2D eigenvalue weighted by Crippen LogP contribution is 2.32. The summed E-state index contributed by atoms with van der Waals surface area (Å²) in [5.41, 5.74) is 0.475. The van der Waals surface area contributed by atoms with Crippen LogP contribution in [0.15, 0.2) is 6.07 Å². The van der Waals surface area contributed by atoms with Gasteiger partial charge < -0.3 is 4.90 Å². The Morgan fingerprint density at radius 1 is 1.37 bits per heavy atom. The molecule has 0 unspecified atom stereocenters. The lowest BCUT2D eigenvalue weighted by atomic mass is 10.4. The summed E-state index contributed by atoms with van der Waals surface area (Å²) in [7, 11) is -1.90. The van der Waals surface area contributed by atoms with Crippen molar-refractivity contribution in [2.45, 2.75) is 5.75 Å². The van der Waals surface area contributed by atoms with Gasteiger partial charge >= 0.3 is 0 Å². The predicted octanol–water partition coefficient (Wildman–Crippen LogP) is 1.66. The van der Waals surface area contributed by atoms with Gasteiger partial charge in [-0.2, -0.15) is 4.31 Å². The molecule has 0 spiro atoms. The molecule has 0 aromatic carbocycles. The van der Waals surface area contributed by atoms with Crippen molar-refractivity contribution in [2.75, 3.05) is 26.7 Å². The number of nitrogens with zero attached hydrogens (tertiary/aromatic N) is 2. The molecule has 1 aliphatic rings. The van der Waals surface area contributed by atoms with Crippen molar-refractivity contribution in [1.82, 2.24) is 9.21 Å². The second-order valence-corrected chi connectivity index (χ2v) is 8.51. The van der Waals surface area contributed by atoms with Crippen LogP contribution in [0.3, 0.4) is 0 Å². The van der Waals surface area contributed by atoms with Crippen molar-refractivity contribution in [3.05, 3.63) is 20.3 Å². The van der Waals surface area contributed by atoms with E-state index >= 15 is 0 Å². The molecule has 1 aromatic heterocycles. The quantitative estimate of drug-likeness (QED) is 0.839. The first-order chi connectivity index (χ1) is 8.79. The third kappa shape index (κ3) is 3.41. The molecule has 0 saturated carbocycles. The summed E-state index contributed by atoms with van der Waals surface area (Å²) < 4.78 is 26.5. The summed E-state index contributed by atoms with van der Waals surface area (Å²) >= 11 is 12.8. The molecular weight excluding hydrogens is 331 g/mol. The Morgan fingerprint density at radius 2 is 2.05 bits per heavy atom. The van der Waals surface area contributed by atoms with Crippen molar-refractivity contribution in [2.24, 2.45) is 0 Å². The number of carbonyl (C=O) groups is 1. The van der Waals surface area contributed by atoms with Crippen LogP contribution in [0.2, 0.25) is 8.67 Å². The summed E-state index contributed by atoms with van der Waals surface area (Å²) in [5.74, 6) is -0.434. The van der Waals surface area contributed by atoms with Gasteiger partial charge in [0.2, 0.25) is 15.9 Å². The molecule has 19 heavy (non-hydrogen) atoms. The molecule has 106 valence electrons. The van der Waals surface area contributed by atoms with Crippen molar-refractivity contribution >= 4 is 50.5 Å². The summed E-state index contributed by atoms with van der Waals surface area (Å²) in [6, 6.07) is 1.55. The predicted molar refractivity (Wildman–Crippen MR) is 76.2 cm³/mol. The Hall–Kier alpha value is -0.340. The minimum absolute atomic E-state index is 0.117. The molecule has 0 atom stereocenters. The minimum atomic E-state index is -3.55. The van der Waals surface area contributed by atoms with Crippen LogP contribution in [-0.4, -0.2) is 50.2 Å². The number of halogens is 2. The maximum Gasteiger partial charge on any atom is 0.237 e.